The lowest BCUT2D eigenvalue weighted by Gasteiger charge is -2.41. The number of aliphatic hydroxyl groups excluding tert-OH is 1. The monoisotopic (exact) mass is 305 g/mol. The molecule has 6 nitrogen and oxygen atoms in total. The van der Waals surface area contributed by atoms with Crippen molar-refractivity contribution in [1.29, 1.82) is 0 Å². The topological polar surface area (TPSA) is 64.1 Å². The first-order chi connectivity index (χ1) is 9.48. The molecule has 7 heteroatoms. The van der Waals surface area contributed by atoms with Crippen LogP contribution < -0.4 is 0 Å². The minimum atomic E-state index is -3.32. The van der Waals surface area contributed by atoms with Crippen LogP contribution in [0.3, 0.4) is 0 Å². The van der Waals surface area contributed by atoms with Crippen LogP contribution in [-0.2, 0) is 10.2 Å². The Hall–Kier alpha value is -0.210. The molecule has 0 aromatic rings. The largest absolute Gasteiger partial charge is 0.396 e. The average Bonchev–Trinajstić information content (AvgIpc) is 2.47. The molecular formula is C13H27N3O3S. The van der Waals surface area contributed by atoms with E-state index in [4.69, 9.17) is 5.11 Å². The highest BCUT2D eigenvalue weighted by atomic mass is 32.2. The lowest BCUT2D eigenvalue weighted by molar-refractivity contribution is 0.131. The molecule has 2 rings (SSSR count). The minimum absolute atomic E-state index is 0.167. The van der Waals surface area contributed by atoms with Crippen molar-refractivity contribution in [2.45, 2.75) is 32.2 Å². The number of aliphatic hydroxyl groups is 1. The third-order valence-electron chi connectivity index (χ3n) is 4.70. The summed E-state index contributed by atoms with van der Waals surface area (Å²) in [5.74, 6) is 0.261. The van der Waals surface area contributed by atoms with Crippen LogP contribution in [0, 0.1) is 5.92 Å². The van der Waals surface area contributed by atoms with Crippen LogP contribution in [0.2, 0.25) is 0 Å². The van der Waals surface area contributed by atoms with Crippen LogP contribution in [0.15, 0.2) is 0 Å². The summed E-state index contributed by atoms with van der Waals surface area (Å²) >= 11 is 0. The van der Waals surface area contributed by atoms with Gasteiger partial charge in [0.25, 0.3) is 10.2 Å². The molecule has 0 aromatic heterocycles. The van der Waals surface area contributed by atoms with Crippen LogP contribution in [-0.4, -0.2) is 79.5 Å². The van der Waals surface area contributed by atoms with E-state index in [1.165, 1.54) is 0 Å². The quantitative estimate of drug-likeness (QED) is 0.792. The Labute approximate surface area is 122 Å². The Balaban J connectivity index is 2.00. The molecule has 1 unspecified atom stereocenters. The van der Waals surface area contributed by atoms with Gasteiger partial charge < -0.3 is 10.0 Å². The standard InChI is InChI=1S/C13H27N3O3S/c1-3-13-10-16(9-8-14(13)2)20(18,19)15-6-4-12(11-17)5-7-15/h12-13,17H,3-11H2,1-2H3. The zero-order valence-electron chi connectivity index (χ0n) is 12.5. The molecule has 0 aliphatic carbocycles. The molecule has 118 valence electrons. The van der Waals surface area contributed by atoms with Crippen molar-refractivity contribution in [3.8, 4) is 0 Å². The highest BCUT2D eigenvalue weighted by Crippen LogP contribution is 2.23. The van der Waals surface area contributed by atoms with Crippen molar-refractivity contribution in [2.75, 3.05) is 46.4 Å². The van der Waals surface area contributed by atoms with Crippen molar-refractivity contribution < 1.29 is 13.5 Å². The Bertz CT molecular complexity index is 407. The smallest absolute Gasteiger partial charge is 0.282 e. The average molecular weight is 305 g/mol. The second-order valence-electron chi connectivity index (χ2n) is 5.93. The van der Waals surface area contributed by atoms with Crippen molar-refractivity contribution in [2.24, 2.45) is 5.92 Å². The van der Waals surface area contributed by atoms with Gasteiger partial charge in [-0.15, -0.1) is 0 Å². The molecule has 0 amide bonds. The fraction of sp³-hybridized carbons (Fsp3) is 1.00. The van der Waals surface area contributed by atoms with Crippen LogP contribution in [0.25, 0.3) is 0 Å². The molecule has 0 saturated carbocycles. The van der Waals surface area contributed by atoms with Gasteiger partial charge in [-0.2, -0.15) is 17.0 Å². The summed E-state index contributed by atoms with van der Waals surface area (Å²) < 4.78 is 28.6. The number of piperidine rings is 1. The first kappa shape index (κ1) is 16.2. The number of hydrogen-bond donors (Lipinski definition) is 1. The lowest BCUT2D eigenvalue weighted by Crippen LogP contribution is -2.57. The van der Waals surface area contributed by atoms with E-state index in [0.717, 1.165) is 25.8 Å². The fourth-order valence-corrected chi connectivity index (χ4v) is 4.73. The molecule has 2 fully saturated rings. The van der Waals surface area contributed by atoms with E-state index >= 15 is 0 Å². The molecule has 1 atom stereocenters. The van der Waals surface area contributed by atoms with E-state index < -0.39 is 10.2 Å². The summed E-state index contributed by atoms with van der Waals surface area (Å²) in [6.07, 6.45) is 2.50. The zero-order chi connectivity index (χ0) is 14.8. The second kappa shape index (κ2) is 6.70. The molecule has 1 N–H and O–H groups in total. The van der Waals surface area contributed by atoms with E-state index in [1.54, 1.807) is 8.61 Å². The van der Waals surface area contributed by atoms with Gasteiger partial charge in [0, 0.05) is 45.4 Å². The number of nitrogens with zero attached hydrogens (tertiary/aromatic N) is 3. The molecule has 0 bridgehead atoms. The Morgan fingerprint density at radius 2 is 1.75 bits per heavy atom. The van der Waals surface area contributed by atoms with Gasteiger partial charge in [-0.25, -0.2) is 0 Å². The lowest BCUT2D eigenvalue weighted by atomic mass is 10.00. The summed E-state index contributed by atoms with van der Waals surface area (Å²) in [5.41, 5.74) is 0. The highest BCUT2D eigenvalue weighted by molar-refractivity contribution is 7.86. The maximum absolute atomic E-state index is 12.7. The van der Waals surface area contributed by atoms with Crippen molar-refractivity contribution in [1.82, 2.24) is 13.5 Å². The molecular weight excluding hydrogens is 278 g/mol. The molecule has 2 aliphatic rings. The Morgan fingerprint density at radius 1 is 1.10 bits per heavy atom. The predicted octanol–water partition coefficient (Wildman–Crippen LogP) is -0.0385. The van der Waals surface area contributed by atoms with Gasteiger partial charge in [0.2, 0.25) is 0 Å². The Morgan fingerprint density at radius 3 is 2.30 bits per heavy atom. The predicted molar refractivity (Wildman–Crippen MR) is 78.6 cm³/mol. The van der Waals surface area contributed by atoms with E-state index in [2.05, 4.69) is 18.9 Å². The maximum Gasteiger partial charge on any atom is 0.282 e. The number of rotatable bonds is 4. The van der Waals surface area contributed by atoms with Gasteiger partial charge in [-0.1, -0.05) is 6.92 Å². The van der Waals surface area contributed by atoms with E-state index in [1.807, 2.05) is 0 Å². The SMILES string of the molecule is CCC1CN(S(=O)(=O)N2CCC(CO)CC2)CCN1C. The second-order valence-corrected chi connectivity index (χ2v) is 7.86. The fourth-order valence-electron chi connectivity index (χ4n) is 3.05. The molecule has 2 heterocycles. The summed E-state index contributed by atoms with van der Waals surface area (Å²) in [7, 11) is -1.26. The third-order valence-corrected chi connectivity index (χ3v) is 6.70. The molecule has 20 heavy (non-hydrogen) atoms. The van der Waals surface area contributed by atoms with E-state index in [0.29, 0.717) is 32.2 Å². The number of piperazine rings is 1. The van der Waals surface area contributed by atoms with E-state index in [9.17, 15) is 8.42 Å². The van der Waals surface area contributed by atoms with Gasteiger partial charge >= 0.3 is 0 Å². The van der Waals surface area contributed by atoms with Crippen molar-refractivity contribution in [3.63, 3.8) is 0 Å². The summed E-state index contributed by atoms with van der Waals surface area (Å²) in [6, 6.07) is 0.313. The summed E-state index contributed by atoms with van der Waals surface area (Å²) in [6.45, 7) is 5.31. The first-order valence-corrected chi connectivity index (χ1v) is 8.95. The van der Waals surface area contributed by atoms with Crippen LogP contribution in [0.5, 0.6) is 0 Å². The van der Waals surface area contributed by atoms with Gasteiger partial charge in [-0.05, 0) is 32.2 Å². The normalized spacial score (nSPS) is 28.9. The molecule has 2 aliphatic heterocycles. The zero-order valence-corrected chi connectivity index (χ0v) is 13.3. The van der Waals surface area contributed by atoms with Crippen molar-refractivity contribution in [3.05, 3.63) is 0 Å². The summed E-state index contributed by atoms with van der Waals surface area (Å²) in [4.78, 5) is 2.24. The molecule has 0 spiro atoms. The van der Waals surface area contributed by atoms with Gasteiger partial charge in [0.1, 0.15) is 0 Å². The van der Waals surface area contributed by atoms with Gasteiger partial charge in [-0.3, -0.25) is 0 Å². The van der Waals surface area contributed by atoms with Crippen LogP contribution in [0.4, 0.5) is 0 Å². The third kappa shape index (κ3) is 3.33. The van der Waals surface area contributed by atoms with Crippen LogP contribution in [0.1, 0.15) is 26.2 Å². The molecule has 2 saturated heterocycles. The van der Waals surface area contributed by atoms with E-state index in [-0.39, 0.29) is 12.5 Å². The molecule has 0 aromatic carbocycles. The first-order valence-electron chi connectivity index (χ1n) is 7.55. The van der Waals surface area contributed by atoms with Gasteiger partial charge in [0.15, 0.2) is 0 Å². The Kier molecular flexibility index (Phi) is 5.42. The number of likely N-dealkylation sites (N-methyl/N-ethyl adjacent to an activating group) is 1. The number of hydrogen-bond acceptors (Lipinski definition) is 4. The van der Waals surface area contributed by atoms with Crippen molar-refractivity contribution >= 4 is 10.2 Å². The van der Waals surface area contributed by atoms with Crippen LogP contribution >= 0.6 is 0 Å². The van der Waals surface area contributed by atoms with Gasteiger partial charge in [0.05, 0.1) is 0 Å². The summed E-state index contributed by atoms with van der Waals surface area (Å²) in [5, 5.41) is 9.14. The maximum atomic E-state index is 12.7. The minimum Gasteiger partial charge on any atom is -0.396 e. The highest BCUT2D eigenvalue weighted by Gasteiger charge is 2.36. The molecule has 0 radical (unpaired) electrons.